The molecule has 3 nitrogen and oxygen atoms in total. The first-order chi connectivity index (χ1) is 10.7. The molecule has 0 aliphatic rings. The van der Waals surface area contributed by atoms with E-state index in [2.05, 4.69) is 10.3 Å². The first-order valence-corrected chi connectivity index (χ1v) is 7.68. The van der Waals surface area contributed by atoms with Crippen LogP contribution < -0.4 is 5.32 Å². The molecule has 0 radical (unpaired) electrons. The molecule has 2 aromatic heterocycles. The topological polar surface area (TPSA) is 42.0 Å². The van der Waals surface area contributed by atoms with Crippen LogP contribution in [0.25, 0.3) is 11.3 Å². The van der Waals surface area contributed by atoms with Crippen LogP contribution in [0, 0.1) is 5.82 Å². The minimum absolute atomic E-state index is 0.116. The van der Waals surface area contributed by atoms with Crippen molar-refractivity contribution in [2.24, 2.45) is 0 Å². The molecule has 22 heavy (non-hydrogen) atoms. The van der Waals surface area contributed by atoms with E-state index in [4.69, 9.17) is 0 Å². The average Bonchev–Trinajstić information content (AvgIpc) is 3.08. The molecule has 0 saturated carbocycles. The van der Waals surface area contributed by atoms with E-state index in [1.54, 1.807) is 29.8 Å². The Morgan fingerprint density at radius 3 is 2.73 bits per heavy atom. The molecular weight excluding hydrogens is 299 g/mol. The molecule has 0 spiro atoms. The Balaban J connectivity index is 1.80. The summed E-state index contributed by atoms with van der Waals surface area (Å²) in [6.07, 6.45) is 1.68. The van der Waals surface area contributed by atoms with E-state index in [0.29, 0.717) is 12.1 Å². The van der Waals surface area contributed by atoms with Crippen molar-refractivity contribution >= 4 is 17.2 Å². The number of halogens is 1. The van der Waals surface area contributed by atoms with Crippen LogP contribution in [0.1, 0.15) is 15.9 Å². The van der Waals surface area contributed by atoms with E-state index < -0.39 is 0 Å². The van der Waals surface area contributed by atoms with E-state index >= 15 is 0 Å². The van der Waals surface area contributed by atoms with Crippen molar-refractivity contribution in [1.82, 2.24) is 10.3 Å². The number of benzene rings is 1. The van der Waals surface area contributed by atoms with E-state index in [9.17, 15) is 9.18 Å². The Labute approximate surface area is 131 Å². The first-order valence-electron chi connectivity index (χ1n) is 6.74. The number of aromatic nitrogens is 1. The zero-order valence-electron chi connectivity index (χ0n) is 11.6. The Morgan fingerprint density at radius 2 is 2.00 bits per heavy atom. The molecule has 110 valence electrons. The predicted octanol–water partition coefficient (Wildman–Crippen LogP) is 3.88. The highest BCUT2D eigenvalue weighted by molar-refractivity contribution is 7.08. The van der Waals surface area contributed by atoms with Gasteiger partial charge in [0.1, 0.15) is 5.82 Å². The van der Waals surface area contributed by atoms with Gasteiger partial charge in [0.05, 0.1) is 5.69 Å². The van der Waals surface area contributed by atoms with Crippen molar-refractivity contribution in [3.63, 3.8) is 0 Å². The molecule has 3 rings (SSSR count). The van der Waals surface area contributed by atoms with E-state index in [0.717, 1.165) is 16.8 Å². The normalized spacial score (nSPS) is 10.4. The Bertz CT molecular complexity index is 770. The van der Waals surface area contributed by atoms with Gasteiger partial charge in [0.2, 0.25) is 0 Å². The van der Waals surface area contributed by atoms with Gasteiger partial charge in [-0.15, -0.1) is 0 Å². The summed E-state index contributed by atoms with van der Waals surface area (Å²) in [7, 11) is 0. The summed E-state index contributed by atoms with van der Waals surface area (Å²) in [5.41, 5.74) is 3.10. The lowest BCUT2D eigenvalue weighted by Gasteiger charge is -2.09. The SMILES string of the molecule is O=C(NCc1cccnc1-c1ccc(F)cc1)c1ccsc1. The van der Waals surface area contributed by atoms with Crippen LogP contribution in [0.5, 0.6) is 0 Å². The van der Waals surface area contributed by atoms with Crippen LogP contribution in [0.4, 0.5) is 4.39 Å². The summed E-state index contributed by atoms with van der Waals surface area (Å²) in [6, 6.07) is 11.7. The molecule has 1 aromatic carbocycles. The maximum atomic E-state index is 13.0. The molecule has 5 heteroatoms. The molecule has 3 aromatic rings. The minimum atomic E-state index is -0.285. The highest BCUT2D eigenvalue weighted by Gasteiger charge is 2.09. The third kappa shape index (κ3) is 3.20. The number of thiophene rings is 1. The highest BCUT2D eigenvalue weighted by atomic mass is 32.1. The molecule has 0 fully saturated rings. The largest absolute Gasteiger partial charge is 0.348 e. The number of rotatable bonds is 4. The molecule has 0 unspecified atom stereocenters. The van der Waals surface area contributed by atoms with Gasteiger partial charge >= 0.3 is 0 Å². The Hall–Kier alpha value is -2.53. The van der Waals surface area contributed by atoms with Crippen molar-refractivity contribution in [2.75, 3.05) is 0 Å². The number of carbonyl (C=O) groups is 1. The summed E-state index contributed by atoms with van der Waals surface area (Å²) >= 11 is 1.48. The Morgan fingerprint density at radius 1 is 1.18 bits per heavy atom. The zero-order valence-corrected chi connectivity index (χ0v) is 12.4. The van der Waals surface area contributed by atoms with Gasteiger partial charge < -0.3 is 5.32 Å². The molecule has 0 atom stereocenters. The molecule has 0 aliphatic carbocycles. The number of nitrogens with zero attached hydrogens (tertiary/aromatic N) is 1. The Kier molecular flexibility index (Phi) is 4.25. The number of amides is 1. The van der Waals surface area contributed by atoms with Crippen molar-refractivity contribution in [2.45, 2.75) is 6.54 Å². The van der Waals surface area contributed by atoms with Gasteiger partial charge in [-0.3, -0.25) is 9.78 Å². The molecule has 0 aliphatic heterocycles. The van der Waals surface area contributed by atoms with Crippen LogP contribution in [-0.4, -0.2) is 10.9 Å². The number of hydrogen-bond donors (Lipinski definition) is 1. The number of nitrogens with one attached hydrogen (secondary N) is 1. The fourth-order valence-electron chi connectivity index (χ4n) is 2.12. The summed E-state index contributed by atoms with van der Waals surface area (Å²) in [5.74, 6) is -0.401. The summed E-state index contributed by atoms with van der Waals surface area (Å²) in [6.45, 7) is 0.370. The lowest BCUT2D eigenvalue weighted by atomic mass is 10.1. The van der Waals surface area contributed by atoms with E-state index in [1.807, 2.05) is 17.5 Å². The molecule has 2 heterocycles. The van der Waals surface area contributed by atoms with Gasteiger partial charge in [-0.1, -0.05) is 6.07 Å². The quantitative estimate of drug-likeness (QED) is 0.794. The van der Waals surface area contributed by atoms with Gasteiger partial charge in [0.25, 0.3) is 5.91 Å². The van der Waals surface area contributed by atoms with Crippen LogP contribution in [0.3, 0.4) is 0 Å². The van der Waals surface area contributed by atoms with Gasteiger partial charge in [-0.25, -0.2) is 4.39 Å². The molecular formula is C17H13FN2OS. The van der Waals surface area contributed by atoms with Crippen LogP contribution >= 0.6 is 11.3 Å². The third-order valence-corrected chi connectivity index (χ3v) is 3.91. The standard InChI is InChI=1S/C17H13FN2OS/c18-15-5-3-12(4-6-15)16-13(2-1-8-19-16)10-20-17(21)14-7-9-22-11-14/h1-9,11H,10H2,(H,20,21). The summed E-state index contributed by atoms with van der Waals surface area (Å²) in [4.78, 5) is 16.3. The van der Waals surface area contributed by atoms with Gasteiger partial charge in [0, 0.05) is 29.2 Å². The van der Waals surface area contributed by atoms with Crippen LogP contribution in [0.2, 0.25) is 0 Å². The summed E-state index contributed by atoms with van der Waals surface area (Å²) < 4.78 is 13.0. The molecule has 1 amide bonds. The predicted molar refractivity (Wildman–Crippen MR) is 85.1 cm³/mol. The fourth-order valence-corrected chi connectivity index (χ4v) is 2.76. The first kappa shape index (κ1) is 14.4. The number of pyridine rings is 1. The lowest BCUT2D eigenvalue weighted by Crippen LogP contribution is -2.22. The summed E-state index contributed by atoms with van der Waals surface area (Å²) in [5, 5.41) is 6.55. The van der Waals surface area contributed by atoms with Crippen molar-refractivity contribution in [3.8, 4) is 11.3 Å². The van der Waals surface area contributed by atoms with Crippen molar-refractivity contribution in [1.29, 1.82) is 0 Å². The van der Waals surface area contributed by atoms with E-state index in [-0.39, 0.29) is 11.7 Å². The van der Waals surface area contributed by atoms with Crippen molar-refractivity contribution < 1.29 is 9.18 Å². The highest BCUT2D eigenvalue weighted by Crippen LogP contribution is 2.21. The maximum Gasteiger partial charge on any atom is 0.252 e. The zero-order chi connectivity index (χ0) is 15.4. The lowest BCUT2D eigenvalue weighted by molar-refractivity contribution is 0.0951. The number of hydrogen-bond acceptors (Lipinski definition) is 3. The molecule has 0 bridgehead atoms. The second-order valence-electron chi connectivity index (χ2n) is 4.71. The number of carbonyl (C=O) groups excluding carboxylic acids is 1. The third-order valence-electron chi connectivity index (χ3n) is 3.23. The van der Waals surface area contributed by atoms with E-state index in [1.165, 1.54) is 23.5 Å². The van der Waals surface area contributed by atoms with Crippen molar-refractivity contribution in [3.05, 3.63) is 76.4 Å². The molecule has 1 N–H and O–H groups in total. The van der Waals surface area contributed by atoms with Crippen LogP contribution in [0.15, 0.2) is 59.4 Å². The second kappa shape index (κ2) is 6.49. The fraction of sp³-hybridized carbons (Fsp3) is 0.0588. The minimum Gasteiger partial charge on any atom is -0.348 e. The van der Waals surface area contributed by atoms with Gasteiger partial charge in [-0.05, 0) is 47.3 Å². The monoisotopic (exact) mass is 312 g/mol. The average molecular weight is 312 g/mol. The smallest absolute Gasteiger partial charge is 0.252 e. The van der Waals surface area contributed by atoms with Crippen LogP contribution in [-0.2, 0) is 6.54 Å². The second-order valence-corrected chi connectivity index (χ2v) is 5.49. The van der Waals surface area contributed by atoms with Gasteiger partial charge in [-0.2, -0.15) is 11.3 Å². The van der Waals surface area contributed by atoms with Gasteiger partial charge in [0.15, 0.2) is 0 Å². The maximum absolute atomic E-state index is 13.0. The molecule has 0 saturated heterocycles.